The molecule has 0 aliphatic carbocycles. The van der Waals surface area contributed by atoms with Crippen LogP contribution in [0.1, 0.15) is 24.1 Å². The number of benzene rings is 2. The maximum Gasteiger partial charge on any atom is 0.279 e. The highest BCUT2D eigenvalue weighted by Crippen LogP contribution is 2.20. The van der Waals surface area contributed by atoms with Gasteiger partial charge in [-0.2, -0.15) is 0 Å². The van der Waals surface area contributed by atoms with Gasteiger partial charge in [-0.1, -0.05) is 28.1 Å². The Bertz CT molecular complexity index is 795. The van der Waals surface area contributed by atoms with Crippen molar-refractivity contribution in [3.8, 4) is 0 Å². The van der Waals surface area contributed by atoms with Gasteiger partial charge in [0.2, 0.25) is 0 Å². The average Bonchev–Trinajstić information content (AvgIpc) is 2.56. The molecule has 0 radical (unpaired) electrons. The third-order valence-corrected chi connectivity index (χ3v) is 4.72. The molecule has 0 fully saturated rings. The summed E-state index contributed by atoms with van der Waals surface area (Å²) in [5, 5.41) is 13.8. The van der Waals surface area contributed by atoms with Crippen molar-refractivity contribution in [2.75, 3.05) is 18.9 Å². The third-order valence-electron chi connectivity index (χ3n) is 4.22. The number of carbonyl (C=O) groups is 1. The molecule has 0 saturated heterocycles. The van der Waals surface area contributed by atoms with Crippen LogP contribution in [0, 0.1) is 17.0 Å². The number of hydrogen-bond acceptors (Lipinski definition) is 3. The number of nitro benzene ring substituents is 1. The topological polar surface area (TPSA) is 76.7 Å². The van der Waals surface area contributed by atoms with E-state index in [2.05, 4.69) is 21.2 Å². The van der Waals surface area contributed by atoms with Crippen LogP contribution in [0.5, 0.6) is 0 Å². The summed E-state index contributed by atoms with van der Waals surface area (Å²) in [4.78, 5) is 23.8. The molecule has 2 N–H and O–H groups in total. The van der Waals surface area contributed by atoms with E-state index in [-0.39, 0.29) is 24.2 Å². The lowest BCUT2D eigenvalue weighted by molar-refractivity contribution is -0.902. The number of nitrogens with one attached hydrogen (secondary N) is 2. The predicted octanol–water partition coefficient (Wildman–Crippen LogP) is 2.88. The molecular formula is C18H21BrN3O3+. The number of nitrogens with zero attached hydrogens (tertiary/aromatic N) is 1. The molecule has 1 unspecified atom stereocenters. The van der Waals surface area contributed by atoms with Crippen LogP contribution in [0.15, 0.2) is 46.9 Å². The summed E-state index contributed by atoms with van der Waals surface area (Å²) in [5.74, 6) is -0.0970. The fourth-order valence-corrected chi connectivity index (χ4v) is 3.04. The number of anilines is 1. The van der Waals surface area contributed by atoms with Crippen LogP contribution < -0.4 is 10.2 Å². The summed E-state index contributed by atoms with van der Waals surface area (Å²) in [6.07, 6.45) is 0. The van der Waals surface area contributed by atoms with Crippen LogP contribution >= 0.6 is 15.9 Å². The van der Waals surface area contributed by atoms with E-state index in [1.807, 2.05) is 45.2 Å². The minimum atomic E-state index is -0.408. The van der Waals surface area contributed by atoms with Crippen LogP contribution in [0.2, 0.25) is 0 Å². The number of hydrogen-bond donors (Lipinski definition) is 2. The number of non-ortho nitro benzene ring substituents is 1. The average molecular weight is 407 g/mol. The van der Waals surface area contributed by atoms with Gasteiger partial charge < -0.3 is 10.2 Å². The lowest BCUT2D eigenvalue weighted by Crippen LogP contribution is -3.10. The number of aryl methyl sites for hydroxylation is 1. The first-order valence-electron chi connectivity index (χ1n) is 7.90. The molecule has 0 aliphatic rings. The molecule has 0 aromatic heterocycles. The van der Waals surface area contributed by atoms with E-state index in [0.717, 1.165) is 26.2 Å². The van der Waals surface area contributed by atoms with Gasteiger partial charge in [-0.05, 0) is 37.6 Å². The predicted molar refractivity (Wildman–Crippen MR) is 101 cm³/mol. The van der Waals surface area contributed by atoms with Crippen molar-refractivity contribution in [2.24, 2.45) is 0 Å². The number of carbonyl (C=O) groups excluding carboxylic acids is 1. The SMILES string of the molecule is Cc1cc(Br)ccc1NC(=O)C[NH+](C)[C@@H](C)c1cccc([N+](=O)[O-])c1. The van der Waals surface area contributed by atoms with E-state index < -0.39 is 4.92 Å². The molecular weight excluding hydrogens is 386 g/mol. The Morgan fingerprint density at radius 1 is 1.32 bits per heavy atom. The summed E-state index contributed by atoms with van der Waals surface area (Å²) in [7, 11) is 1.90. The van der Waals surface area contributed by atoms with E-state index >= 15 is 0 Å². The highest BCUT2D eigenvalue weighted by Gasteiger charge is 2.20. The van der Waals surface area contributed by atoms with Crippen LogP contribution in [0.4, 0.5) is 11.4 Å². The van der Waals surface area contributed by atoms with Gasteiger partial charge in [0.25, 0.3) is 11.6 Å². The molecule has 7 heteroatoms. The largest absolute Gasteiger partial charge is 0.324 e. The number of quaternary nitrogens is 1. The zero-order chi connectivity index (χ0) is 18.6. The van der Waals surface area contributed by atoms with Gasteiger partial charge in [0.05, 0.1) is 12.0 Å². The van der Waals surface area contributed by atoms with Gasteiger partial charge in [-0.15, -0.1) is 0 Å². The first-order valence-corrected chi connectivity index (χ1v) is 8.70. The standard InChI is InChI=1S/C18H20BrN3O3/c1-12-9-15(19)7-8-17(12)20-18(23)11-21(3)13(2)14-5-4-6-16(10-14)22(24)25/h4-10,13H,11H2,1-3H3,(H,20,23)/p+1/t13-/m0/s1. The van der Waals surface area contributed by atoms with Crippen molar-refractivity contribution >= 4 is 33.2 Å². The molecule has 2 aromatic rings. The smallest absolute Gasteiger partial charge is 0.279 e. The summed E-state index contributed by atoms with van der Waals surface area (Å²) in [6.45, 7) is 4.15. The second kappa shape index (κ2) is 8.22. The van der Waals surface area contributed by atoms with Crippen molar-refractivity contribution in [1.82, 2.24) is 0 Å². The maximum absolute atomic E-state index is 12.3. The molecule has 2 rings (SSSR count). The first kappa shape index (κ1) is 19.1. The second-order valence-electron chi connectivity index (χ2n) is 6.10. The van der Waals surface area contributed by atoms with Crippen LogP contribution in [0.3, 0.4) is 0 Å². The minimum Gasteiger partial charge on any atom is -0.324 e. The molecule has 0 heterocycles. The van der Waals surface area contributed by atoms with Gasteiger partial charge in [-0.25, -0.2) is 0 Å². The van der Waals surface area contributed by atoms with E-state index in [4.69, 9.17) is 0 Å². The van der Waals surface area contributed by atoms with Gasteiger partial charge in [-0.3, -0.25) is 14.9 Å². The molecule has 0 spiro atoms. The fraction of sp³-hybridized carbons (Fsp3) is 0.278. The van der Waals surface area contributed by atoms with Crippen molar-refractivity contribution in [1.29, 1.82) is 0 Å². The quantitative estimate of drug-likeness (QED) is 0.571. The Morgan fingerprint density at radius 2 is 2.04 bits per heavy atom. The number of halogens is 1. The summed E-state index contributed by atoms with van der Waals surface area (Å²) in [5.41, 5.74) is 2.66. The Morgan fingerprint density at radius 3 is 2.68 bits per heavy atom. The Kier molecular flexibility index (Phi) is 6.27. The van der Waals surface area contributed by atoms with Crippen molar-refractivity contribution in [3.63, 3.8) is 0 Å². The molecule has 1 amide bonds. The van der Waals surface area contributed by atoms with Crippen molar-refractivity contribution in [2.45, 2.75) is 19.9 Å². The fourth-order valence-electron chi connectivity index (χ4n) is 2.56. The van der Waals surface area contributed by atoms with E-state index in [0.29, 0.717) is 0 Å². The Labute approximate surface area is 155 Å². The van der Waals surface area contributed by atoms with E-state index in [1.54, 1.807) is 12.1 Å². The van der Waals surface area contributed by atoms with Crippen molar-refractivity contribution in [3.05, 3.63) is 68.2 Å². The summed E-state index contributed by atoms with van der Waals surface area (Å²) < 4.78 is 0.963. The molecule has 2 aromatic carbocycles. The van der Waals surface area contributed by atoms with Gasteiger partial charge in [0.1, 0.15) is 6.04 Å². The highest BCUT2D eigenvalue weighted by molar-refractivity contribution is 9.10. The lowest BCUT2D eigenvalue weighted by atomic mass is 10.1. The van der Waals surface area contributed by atoms with Gasteiger partial charge >= 0.3 is 0 Å². The molecule has 0 saturated carbocycles. The van der Waals surface area contributed by atoms with E-state index in [9.17, 15) is 14.9 Å². The number of amides is 1. The molecule has 0 aliphatic heterocycles. The summed E-state index contributed by atoms with van der Waals surface area (Å²) in [6, 6.07) is 12.2. The zero-order valence-corrected chi connectivity index (χ0v) is 16.0. The third kappa shape index (κ3) is 5.11. The normalized spacial score (nSPS) is 13.1. The molecule has 25 heavy (non-hydrogen) atoms. The van der Waals surface area contributed by atoms with Crippen LogP contribution in [0.25, 0.3) is 0 Å². The molecule has 132 valence electrons. The molecule has 2 atom stereocenters. The number of likely N-dealkylation sites (N-methyl/N-ethyl adjacent to an activating group) is 1. The van der Waals surface area contributed by atoms with Crippen LogP contribution in [-0.2, 0) is 4.79 Å². The monoisotopic (exact) mass is 406 g/mol. The van der Waals surface area contributed by atoms with E-state index in [1.165, 1.54) is 6.07 Å². The molecule has 0 bridgehead atoms. The Balaban J connectivity index is 2.02. The highest BCUT2D eigenvalue weighted by atomic mass is 79.9. The summed E-state index contributed by atoms with van der Waals surface area (Å²) >= 11 is 3.40. The first-order chi connectivity index (χ1) is 11.8. The minimum absolute atomic E-state index is 0.0448. The van der Waals surface area contributed by atoms with Crippen LogP contribution in [-0.4, -0.2) is 24.4 Å². The van der Waals surface area contributed by atoms with Crippen molar-refractivity contribution < 1.29 is 14.6 Å². The molecule has 6 nitrogen and oxygen atoms in total. The maximum atomic E-state index is 12.3. The lowest BCUT2D eigenvalue weighted by Gasteiger charge is -2.21. The Hall–Kier alpha value is -2.25. The number of nitro groups is 1. The second-order valence-corrected chi connectivity index (χ2v) is 7.02. The number of rotatable bonds is 6. The zero-order valence-electron chi connectivity index (χ0n) is 14.4. The van der Waals surface area contributed by atoms with Gasteiger partial charge in [0.15, 0.2) is 6.54 Å². The van der Waals surface area contributed by atoms with Gasteiger partial charge in [0, 0.05) is 27.9 Å².